The summed E-state index contributed by atoms with van der Waals surface area (Å²) < 4.78 is 25.2. The minimum Gasteiger partial charge on any atom is -0.324 e. The Hall–Kier alpha value is -0.600. The van der Waals surface area contributed by atoms with Crippen molar-refractivity contribution < 1.29 is 8.42 Å². The highest BCUT2D eigenvalue weighted by atomic mass is 32.2. The summed E-state index contributed by atoms with van der Waals surface area (Å²) in [4.78, 5) is 0. The molecule has 8 heteroatoms. The summed E-state index contributed by atoms with van der Waals surface area (Å²) in [6.07, 6.45) is 0. The zero-order valence-corrected chi connectivity index (χ0v) is 12.6. The Morgan fingerprint density at radius 1 is 1.39 bits per heavy atom. The van der Waals surface area contributed by atoms with Crippen LogP contribution in [0.25, 0.3) is 0 Å². The van der Waals surface area contributed by atoms with E-state index in [-0.39, 0.29) is 11.0 Å². The summed E-state index contributed by atoms with van der Waals surface area (Å²) >= 11 is 1.41. The Morgan fingerprint density at radius 3 is 2.56 bits per heavy atom. The molecular formula is C10H20N4O2S2. The van der Waals surface area contributed by atoms with Crippen LogP contribution in [0.4, 0.5) is 0 Å². The molecule has 0 aliphatic rings. The van der Waals surface area contributed by atoms with Crippen molar-refractivity contribution in [1.29, 1.82) is 0 Å². The molecule has 0 saturated carbocycles. The second-order valence-electron chi connectivity index (χ2n) is 4.11. The number of sulfone groups is 1. The van der Waals surface area contributed by atoms with Crippen LogP contribution in [0.5, 0.6) is 0 Å². The summed E-state index contributed by atoms with van der Waals surface area (Å²) in [6.45, 7) is 6.45. The molecule has 104 valence electrons. The van der Waals surface area contributed by atoms with Gasteiger partial charge in [0.25, 0.3) is 0 Å². The molecule has 18 heavy (non-hydrogen) atoms. The van der Waals surface area contributed by atoms with Crippen LogP contribution in [0.15, 0.2) is 5.16 Å². The Morgan fingerprint density at radius 2 is 2.06 bits per heavy atom. The van der Waals surface area contributed by atoms with E-state index in [1.54, 1.807) is 13.8 Å². The lowest BCUT2D eigenvalue weighted by atomic mass is 10.6. The van der Waals surface area contributed by atoms with Crippen molar-refractivity contribution in [2.75, 3.05) is 11.5 Å². The molecule has 0 aromatic carbocycles. The van der Waals surface area contributed by atoms with Crippen molar-refractivity contribution in [1.82, 2.24) is 14.8 Å². The van der Waals surface area contributed by atoms with Crippen LogP contribution in [0.3, 0.4) is 0 Å². The maximum atomic E-state index is 11.7. The Bertz CT molecular complexity index is 482. The first-order chi connectivity index (χ1) is 8.42. The third-order valence-corrected chi connectivity index (χ3v) is 6.05. The average molecular weight is 292 g/mol. The maximum Gasteiger partial charge on any atom is 0.191 e. The lowest BCUT2D eigenvalue weighted by Gasteiger charge is -2.08. The Labute approximate surface area is 112 Å². The zero-order valence-electron chi connectivity index (χ0n) is 11.0. The summed E-state index contributed by atoms with van der Waals surface area (Å²) in [5, 5.41) is 8.40. The van der Waals surface area contributed by atoms with E-state index < -0.39 is 9.84 Å². The second kappa shape index (κ2) is 6.53. The molecule has 0 amide bonds. The van der Waals surface area contributed by atoms with Gasteiger partial charge in [0, 0.05) is 12.3 Å². The van der Waals surface area contributed by atoms with E-state index in [0.717, 1.165) is 17.5 Å². The number of hydrogen-bond donors (Lipinski definition) is 1. The predicted molar refractivity (Wildman–Crippen MR) is 73.2 cm³/mol. The highest BCUT2D eigenvalue weighted by Gasteiger charge is 2.17. The van der Waals surface area contributed by atoms with Gasteiger partial charge >= 0.3 is 0 Å². The van der Waals surface area contributed by atoms with E-state index in [4.69, 9.17) is 5.73 Å². The first-order valence-electron chi connectivity index (χ1n) is 5.88. The smallest absolute Gasteiger partial charge is 0.191 e. The normalized spacial score (nSPS) is 12.3. The van der Waals surface area contributed by atoms with Gasteiger partial charge in [-0.1, -0.05) is 11.8 Å². The van der Waals surface area contributed by atoms with Crippen molar-refractivity contribution in [3.8, 4) is 0 Å². The third-order valence-electron chi connectivity index (χ3n) is 2.61. The van der Waals surface area contributed by atoms with Crippen LogP contribution < -0.4 is 5.73 Å². The molecule has 0 fully saturated rings. The molecule has 0 saturated heterocycles. The molecule has 0 radical (unpaired) electrons. The maximum absolute atomic E-state index is 11.7. The Balaban J connectivity index is 2.62. The molecule has 1 rings (SSSR count). The van der Waals surface area contributed by atoms with Gasteiger partial charge in [-0.05, 0) is 20.8 Å². The Kier molecular flexibility index (Phi) is 5.61. The zero-order chi connectivity index (χ0) is 13.8. The molecule has 0 spiro atoms. The van der Waals surface area contributed by atoms with Crippen molar-refractivity contribution in [3.05, 3.63) is 5.82 Å². The van der Waals surface area contributed by atoms with Gasteiger partial charge in [-0.3, -0.25) is 0 Å². The van der Waals surface area contributed by atoms with Crippen molar-refractivity contribution in [2.45, 2.75) is 44.3 Å². The van der Waals surface area contributed by atoms with Crippen LogP contribution in [0.2, 0.25) is 0 Å². The standard InChI is InChI=1S/C10H20N4O2S2/c1-4-14-9(7-11)12-13-10(14)17-5-6-18(15,16)8(2)3/h8H,4-7,11H2,1-3H3. The second-order valence-corrected chi connectivity index (χ2v) is 7.85. The van der Waals surface area contributed by atoms with Crippen molar-refractivity contribution >= 4 is 21.6 Å². The summed E-state index contributed by atoms with van der Waals surface area (Å²) in [5.41, 5.74) is 5.55. The molecule has 6 nitrogen and oxygen atoms in total. The van der Waals surface area contributed by atoms with E-state index in [9.17, 15) is 8.42 Å². The fraction of sp³-hybridized carbons (Fsp3) is 0.800. The number of nitrogens with zero attached hydrogens (tertiary/aromatic N) is 3. The fourth-order valence-corrected chi connectivity index (χ4v) is 3.78. The summed E-state index contributed by atoms with van der Waals surface area (Å²) in [7, 11) is -2.99. The topological polar surface area (TPSA) is 90.9 Å². The average Bonchev–Trinajstić information content (AvgIpc) is 2.70. The van der Waals surface area contributed by atoms with E-state index in [2.05, 4.69) is 10.2 Å². The van der Waals surface area contributed by atoms with Gasteiger partial charge in [0.1, 0.15) is 5.82 Å². The van der Waals surface area contributed by atoms with Crippen LogP contribution in [0, 0.1) is 0 Å². The molecule has 1 heterocycles. The van der Waals surface area contributed by atoms with E-state index in [1.807, 2.05) is 11.5 Å². The van der Waals surface area contributed by atoms with Gasteiger partial charge in [0.05, 0.1) is 17.5 Å². The first-order valence-corrected chi connectivity index (χ1v) is 8.59. The molecule has 2 N–H and O–H groups in total. The molecule has 1 aromatic rings. The third kappa shape index (κ3) is 3.69. The van der Waals surface area contributed by atoms with Crippen LogP contribution in [-0.4, -0.2) is 39.9 Å². The predicted octanol–water partition coefficient (Wildman–Crippen LogP) is 0.672. The highest BCUT2D eigenvalue weighted by Crippen LogP contribution is 2.17. The molecule has 0 aliphatic heterocycles. The van der Waals surface area contributed by atoms with Crippen LogP contribution in [0.1, 0.15) is 26.6 Å². The quantitative estimate of drug-likeness (QED) is 0.743. The minimum absolute atomic E-state index is 0.157. The van der Waals surface area contributed by atoms with Gasteiger partial charge in [-0.25, -0.2) is 8.42 Å². The van der Waals surface area contributed by atoms with Gasteiger partial charge in [-0.2, -0.15) is 0 Å². The van der Waals surface area contributed by atoms with Gasteiger partial charge in [0.15, 0.2) is 15.0 Å². The van der Waals surface area contributed by atoms with Crippen LogP contribution in [-0.2, 0) is 22.9 Å². The monoisotopic (exact) mass is 292 g/mol. The number of hydrogen-bond acceptors (Lipinski definition) is 6. The van der Waals surface area contributed by atoms with Gasteiger partial charge in [0.2, 0.25) is 0 Å². The number of thioether (sulfide) groups is 1. The van der Waals surface area contributed by atoms with E-state index in [0.29, 0.717) is 12.3 Å². The van der Waals surface area contributed by atoms with Crippen molar-refractivity contribution in [2.24, 2.45) is 5.73 Å². The lowest BCUT2D eigenvalue weighted by molar-refractivity contribution is 0.589. The largest absolute Gasteiger partial charge is 0.324 e. The fourth-order valence-electron chi connectivity index (χ4n) is 1.38. The number of aromatic nitrogens is 3. The molecule has 0 bridgehead atoms. The molecule has 0 unspecified atom stereocenters. The number of rotatable bonds is 7. The lowest BCUT2D eigenvalue weighted by Crippen LogP contribution is -2.19. The molecular weight excluding hydrogens is 272 g/mol. The molecule has 0 aliphatic carbocycles. The van der Waals surface area contributed by atoms with Crippen molar-refractivity contribution in [3.63, 3.8) is 0 Å². The summed E-state index contributed by atoms with van der Waals surface area (Å²) in [6, 6.07) is 0. The van der Waals surface area contributed by atoms with E-state index >= 15 is 0 Å². The first kappa shape index (κ1) is 15.5. The number of nitrogens with two attached hydrogens (primary N) is 1. The highest BCUT2D eigenvalue weighted by molar-refractivity contribution is 8.00. The summed E-state index contributed by atoms with van der Waals surface area (Å²) in [5.74, 6) is 1.37. The SMILES string of the molecule is CCn1c(CN)nnc1SCCS(=O)(=O)C(C)C. The molecule has 0 atom stereocenters. The van der Waals surface area contributed by atoms with E-state index in [1.165, 1.54) is 11.8 Å². The molecule has 1 aromatic heterocycles. The van der Waals surface area contributed by atoms with Gasteiger partial charge < -0.3 is 10.3 Å². The van der Waals surface area contributed by atoms with Crippen LogP contribution >= 0.6 is 11.8 Å². The van der Waals surface area contributed by atoms with Gasteiger partial charge in [-0.15, -0.1) is 10.2 Å². The minimum atomic E-state index is -2.99.